The summed E-state index contributed by atoms with van der Waals surface area (Å²) in [5, 5.41) is 14.8. The number of nitrogens with zero attached hydrogens (tertiary/aromatic N) is 3. The van der Waals surface area contributed by atoms with E-state index in [0.717, 1.165) is 42.5 Å². The van der Waals surface area contributed by atoms with Crippen LogP contribution < -0.4 is 10.2 Å². The fraction of sp³-hybridized carbons (Fsp3) is 0.167. The van der Waals surface area contributed by atoms with Gasteiger partial charge >= 0.3 is 0 Å². The monoisotopic (exact) mass is 461 g/mol. The predicted octanol–water partition coefficient (Wildman–Crippen LogP) is 5.64. The number of carbonyl (C=O) groups excluding carboxylic acids is 1. The Morgan fingerprint density at radius 1 is 1.09 bits per heavy atom. The van der Waals surface area contributed by atoms with Gasteiger partial charge in [-0.3, -0.25) is 14.9 Å². The highest BCUT2D eigenvalue weighted by Gasteiger charge is 2.24. The zero-order chi connectivity index (χ0) is 22.9. The third kappa shape index (κ3) is 4.12. The van der Waals surface area contributed by atoms with E-state index in [1.807, 2.05) is 35.2 Å². The summed E-state index contributed by atoms with van der Waals surface area (Å²) in [7, 11) is 0. The SMILES string of the molecule is O=C(Nc1cc(-c2nc3ccccc3[nH]2)ccc1Cl)c1ccc(N2CCCC2)c([N+](=O)[O-])c1. The Morgan fingerprint density at radius 3 is 2.64 bits per heavy atom. The average Bonchev–Trinajstić information content (AvgIpc) is 3.50. The number of hydrogen-bond donors (Lipinski definition) is 2. The lowest BCUT2D eigenvalue weighted by molar-refractivity contribution is -0.384. The molecule has 3 aromatic carbocycles. The number of benzene rings is 3. The van der Waals surface area contributed by atoms with Gasteiger partial charge in [0, 0.05) is 30.3 Å². The van der Waals surface area contributed by atoms with Gasteiger partial charge in [0.25, 0.3) is 11.6 Å². The van der Waals surface area contributed by atoms with Gasteiger partial charge in [-0.25, -0.2) is 4.98 Å². The Labute approximate surface area is 194 Å². The first-order valence-electron chi connectivity index (χ1n) is 10.6. The molecule has 0 bridgehead atoms. The number of nitro benzene ring substituents is 1. The highest BCUT2D eigenvalue weighted by Crippen LogP contribution is 2.33. The van der Waals surface area contributed by atoms with E-state index in [4.69, 9.17) is 11.6 Å². The van der Waals surface area contributed by atoms with Crippen molar-refractivity contribution in [2.24, 2.45) is 0 Å². The van der Waals surface area contributed by atoms with Crippen molar-refractivity contribution in [1.82, 2.24) is 9.97 Å². The molecule has 1 fully saturated rings. The fourth-order valence-corrected chi connectivity index (χ4v) is 4.25. The molecule has 4 aromatic rings. The molecule has 2 N–H and O–H groups in total. The van der Waals surface area contributed by atoms with Gasteiger partial charge in [-0.1, -0.05) is 23.7 Å². The molecular weight excluding hydrogens is 442 g/mol. The molecule has 5 rings (SSSR count). The molecule has 1 aromatic heterocycles. The van der Waals surface area contributed by atoms with E-state index in [1.54, 1.807) is 24.3 Å². The summed E-state index contributed by atoms with van der Waals surface area (Å²) in [6.45, 7) is 1.55. The first-order valence-corrected chi connectivity index (χ1v) is 11.0. The summed E-state index contributed by atoms with van der Waals surface area (Å²) >= 11 is 6.33. The third-order valence-corrected chi connectivity index (χ3v) is 6.09. The second-order valence-electron chi connectivity index (χ2n) is 7.91. The maximum Gasteiger partial charge on any atom is 0.293 e. The van der Waals surface area contributed by atoms with Gasteiger partial charge < -0.3 is 15.2 Å². The molecule has 0 radical (unpaired) electrons. The summed E-state index contributed by atoms with van der Waals surface area (Å²) in [4.78, 5) is 34.0. The number of carbonyl (C=O) groups is 1. The molecule has 1 saturated heterocycles. The van der Waals surface area contributed by atoms with Crippen molar-refractivity contribution in [3.8, 4) is 11.4 Å². The molecule has 1 amide bonds. The quantitative estimate of drug-likeness (QED) is 0.295. The van der Waals surface area contributed by atoms with Gasteiger partial charge in [-0.15, -0.1) is 0 Å². The lowest BCUT2D eigenvalue weighted by Gasteiger charge is -2.18. The molecule has 2 heterocycles. The average molecular weight is 462 g/mol. The highest BCUT2D eigenvalue weighted by molar-refractivity contribution is 6.34. The van der Waals surface area contributed by atoms with E-state index in [9.17, 15) is 14.9 Å². The second-order valence-corrected chi connectivity index (χ2v) is 8.31. The molecule has 1 aliphatic heterocycles. The number of imidazole rings is 1. The predicted molar refractivity (Wildman–Crippen MR) is 129 cm³/mol. The molecule has 1 aliphatic rings. The fourth-order valence-electron chi connectivity index (χ4n) is 4.09. The number of H-pyrrole nitrogens is 1. The topological polar surface area (TPSA) is 104 Å². The first kappa shape index (κ1) is 21.0. The zero-order valence-electron chi connectivity index (χ0n) is 17.5. The van der Waals surface area contributed by atoms with Gasteiger partial charge in [0.2, 0.25) is 0 Å². The minimum atomic E-state index is -0.477. The summed E-state index contributed by atoms with van der Waals surface area (Å²) in [5.74, 6) is 0.170. The summed E-state index contributed by atoms with van der Waals surface area (Å²) in [6.07, 6.45) is 2.00. The standard InChI is InChI=1S/C24H20ClN5O3/c25-17-9-7-15(23-26-18-5-1-2-6-19(18)27-23)13-20(17)28-24(31)16-8-10-21(22(14-16)30(32)33)29-11-3-4-12-29/h1-2,5-10,13-14H,3-4,11-12H2,(H,26,27)(H,28,31). The molecule has 33 heavy (non-hydrogen) atoms. The van der Waals surface area contributed by atoms with E-state index < -0.39 is 10.8 Å². The van der Waals surface area contributed by atoms with Crippen LogP contribution in [0.5, 0.6) is 0 Å². The van der Waals surface area contributed by atoms with Gasteiger partial charge in [-0.05, 0) is 55.3 Å². The maximum atomic E-state index is 12.9. The van der Waals surface area contributed by atoms with Crippen LogP contribution in [0.3, 0.4) is 0 Å². The smallest absolute Gasteiger partial charge is 0.293 e. The maximum absolute atomic E-state index is 12.9. The van der Waals surface area contributed by atoms with Gasteiger partial charge in [0.1, 0.15) is 11.5 Å². The molecule has 0 aliphatic carbocycles. The number of fused-ring (bicyclic) bond motifs is 1. The van der Waals surface area contributed by atoms with Crippen molar-refractivity contribution in [2.45, 2.75) is 12.8 Å². The van der Waals surface area contributed by atoms with Crippen molar-refractivity contribution >= 4 is 45.6 Å². The number of halogens is 1. The van der Waals surface area contributed by atoms with E-state index >= 15 is 0 Å². The second kappa shape index (κ2) is 8.55. The van der Waals surface area contributed by atoms with Crippen LogP contribution in [0.15, 0.2) is 60.7 Å². The van der Waals surface area contributed by atoms with Crippen molar-refractivity contribution in [3.05, 3.63) is 81.4 Å². The number of aromatic nitrogens is 2. The minimum Gasteiger partial charge on any atom is -0.366 e. The van der Waals surface area contributed by atoms with Crippen molar-refractivity contribution in [1.29, 1.82) is 0 Å². The number of nitro groups is 1. The summed E-state index contributed by atoms with van der Waals surface area (Å²) in [5.41, 5.74) is 3.53. The molecule has 0 atom stereocenters. The lowest BCUT2D eigenvalue weighted by atomic mass is 10.1. The molecule has 0 spiro atoms. The Bertz CT molecular complexity index is 1340. The number of rotatable bonds is 5. The minimum absolute atomic E-state index is 0.0772. The lowest BCUT2D eigenvalue weighted by Crippen LogP contribution is -2.20. The highest BCUT2D eigenvalue weighted by atomic mass is 35.5. The number of para-hydroxylation sites is 2. The van der Waals surface area contributed by atoms with Gasteiger partial charge in [0.05, 0.1) is 26.7 Å². The Morgan fingerprint density at radius 2 is 1.88 bits per heavy atom. The van der Waals surface area contributed by atoms with Crippen LogP contribution in [0.25, 0.3) is 22.4 Å². The van der Waals surface area contributed by atoms with E-state index in [2.05, 4.69) is 15.3 Å². The zero-order valence-corrected chi connectivity index (χ0v) is 18.3. The van der Waals surface area contributed by atoms with Crippen molar-refractivity contribution < 1.29 is 9.72 Å². The van der Waals surface area contributed by atoms with Gasteiger partial charge in [-0.2, -0.15) is 0 Å². The molecule has 166 valence electrons. The van der Waals surface area contributed by atoms with Crippen molar-refractivity contribution in [3.63, 3.8) is 0 Å². The summed E-state index contributed by atoms with van der Waals surface area (Å²) < 4.78 is 0. The number of aromatic amines is 1. The van der Waals surface area contributed by atoms with Gasteiger partial charge in [0.15, 0.2) is 0 Å². The van der Waals surface area contributed by atoms with E-state index in [0.29, 0.717) is 22.2 Å². The molecule has 8 nitrogen and oxygen atoms in total. The largest absolute Gasteiger partial charge is 0.366 e. The van der Waals surface area contributed by atoms with Crippen molar-refractivity contribution in [2.75, 3.05) is 23.3 Å². The van der Waals surface area contributed by atoms with Crippen LogP contribution in [-0.4, -0.2) is 33.9 Å². The van der Waals surface area contributed by atoms with Crippen LogP contribution in [0, 0.1) is 10.1 Å². The molecular formula is C24H20ClN5O3. The molecule has 0 saturated carbocycles. The van der Waals surface area contributed by atoms with Crippen LogP contribution in [-0.2, 0) is 0 Å². The number of anilines is 2. The molecule has 0 unspecified atom stereocenters. The van der Waals surface area contributed by atoms with Crippen LogP contribution in [0.2, 0.25) is 5.02 Å². The normalized spacial score (nSPS) is 13.4. The summed E-state index contributed by atoms with van der Waals surface area (Å²) in [6, 6.07) is 17.5. The number of amides is 1. The molecule has 9 heteroatoms. The third-order valence-electron chi connectivity index (χ3n) is 5.76. The first-order chi connectivity index (χ1) is 16.0. The Balaban J connectivity index is 1.43. The van der Waals surface area contributed by atoms with Crippen LogP contribution in [0.4, 0.5) is 17.1 Å². The Kier molecular flexibility index (Phi) is 5.43. The van der Waals surface area contributed by atoms with E-state index in [-0.39, 0.29) is 11.3 Å². The van der Waals surface area contributed by atoms with E-state index in [1.165, 1.54) is 6.07 Å². The number of nitrogens with one attached hydrogen (secondary N) is 2. The van der Waals surface area contributed by atoms with Crippen LogP contribution >= 0.6 is 11.6 Å². The Hall–Kier alpha value is -3.91. The van der Waals surface area contributed by atoms with Crippen LogP contribution in [0.1, 0.15) is 23.2 Å². The number of hydrogen-bond acceptors (Lipinski definition) is 5.